The van der Waals surface area contributed by atoms with Crippen LogP contribution in [0.1, 0.15) is 17.3 Å². The smallest absolute Gasteiger partial charge is 0.343 e. The van der Waals surface area contributed by atoms with E-state index in [1.54, 1.807) is 55.5 Å². The third-order valence-electron chi connectivity index (χ3n) is 4.12. The number of rotatable bonds is 13. The van der Waals surface area contributed by atoms with Crippen LogP contribution in [0, 0.1) is 0 Å². The number of carbonyl (C=O) groups excluding carboxylic acids is 3. The van der Waals surface area contributed by atoms with Crippen molar-refractivity contribution in [3.8, 4) is 17.2 Å². The number of aliphatic hydroxyl groups is 1. The van der Waals surface area contributed by atoms with Crippen LogP contribution in [0.25, 0.3) is 0 Å². The largest absolute Gasteiger partial charge is 0.490 e. The highest BCUT2D eigenvalue weighted by Gasteiger charge is 2.10. The number of esters is 3. The molecule has 0 bridgehead atoms. The summed E-state index contributed by atoms with van der Waals surface area (Å²) in [6.07, 6.45) is 0. The van der Waals surface area contributed by atoms with Gasteiger partial charge in [-0.05, 0) is 55.5 Å². The van der Waals surface area contributed by atoms with Gasteiger partial charge in [0.15, 0.2) is 0 Å². The minimum absolute atomic E-state index is 0.00601. The Labute approximate surface area is 197 Å². The van der Waals surface area contributed by atoms with Crippen molar-refractivity contribution in [2.45, 2.75) is 6.92 Å². The molecule has 0 unspecified atom stereocenters. The molecule has 0 spiro atoms. The van der Waals surface area contributed by atoms with Gasteiger partial charge in [0, 0.05) is 5.57 Å². The Balaban J connectivity index is 1.74. The van der Waals surface area contributed by atoms with E-state index in [2.05, 4.69) is 13.2 Å². The first-order valence-electron chi connectivity index (χ1n) is 10.3. The van der Waals surface area contributed by atoms with E-state index >= 15 is 0 Å². The standard InChI is InChI=1S/C25H26O9/c1-17(2)23(27)32-14-12-30-20-6-4-19(5-7-20)25(29)34-22-10-8-21(9-11-22)31-13-15-33-24(28)18(3)16-26/h4-11,26H,1,3,12-16H2,2H3. The van der Waals surface area contributed by atoms with Gasteiger partial charge < -0.3 is 28.8 Å². The van der Waals surface area contributed by atoms with Gasteiger partial charge in [-0.3, -0.25) is 0 Å². The highest BCUT2D eigenvalue weighted by Crippen LogP contribution is 2.20. The Morgan fingerprint density at radius 3 is 1.71 bits per heavy atom. The summed E-state index contributed by atoms with van der Waals surface area (Å²) in [5.41, 5.74) is 0.608. The fourth-order valence-corrected chi connectivity index (χ4v) is 2.33. The predicted molar refractivity (Wildman–Crippen MR) is 122 cm³/mol. The Kier molecular flexibility index (Phi) is 10.3. The lowest BCUT2D eigenvalue weighted by Gasteiger charge is -2.09. The number of hydrogen-bond donors (Lipinski definition) is 1. The van der Waals surface area contributed by atoms with Gasteiger partial charge >= 0.3 is 17.9 Å². The fourth-order valence-electron chi connectivity index (χ4n) is 2.33. The van der Waals surface area contributed by atoms with Crippen molar-refractivity contribution in [1.82, 2.24) is 0 Å². The van der Waals surface area contributed by atoms with E-state index in [0.29, 0.717) is 28.4 Å². The van der Waals surface area contributed by atoms with Gasteiger partial charge in [0.1, 0.15) is 43.7 Å². The first-order chi connectivity index (χ1) is 16.3. The minimum Gasteiger partial charge on any atom is -0.490 e. The average Bonchev–Trinajstić information content (AvgIpc) is 2.84. The van der Waals surface area contributed by atoms with Crippen molar-refractivity contribution in [3.05, 3.63) is 78.4 Å². The summed E-state index contributed by atoms with van der Waals surface area (Å²) in [7, 11) is 0. The Hall–Kier alpha value is -4.11. The van der Waals surface area contributed by atoms with Crippen LogP contribution in [-0.4, -0.2) is 56.0 Å². The summed E-state index contributed by atoms with van der Waals surface area (Å²) in [4.78, 5) is 35.0. The molecule has 2 rings (SSSR count). The highest BCUT2D eigenvalue weighted by molar-refractivity contribution is 5.91. The van der Waals surface area contributed by atoms with Gasteiger partial charge in [-0.2, -0.15) is 0 Å². The fraction of sp³-hybridized carbons (Fsp3) is 0.240. The molecule has 0 saturated carbocycles. The van der Waals surface area contributed by atoms with E-state index in [-0.39, 0.29) is 32.0 Å². The zero-order valence-corrected chi connectivity index (χ0v) is 18.8. The molecule has 0 aromatic heterocycles. The normalized spacial score (nSPS) is 10.1. The summed E-state index contributed by atoms with van der Waals surface area (Å²) in [6, 6.07) is 12.7. The first kappa shape index (κ1) is 26.1. The summed E-state index contributed by atoms with van der Waals surface area (Å²) < 4.78 is 26.0. The molecule has 0 aliphatic carbocycles. The topological polar surface area (TPSA) is 118 Å². The van der Waals surface area contributed by atoms with E-state index in [4.69, 9.17) is 28.8 Å². The van der Waals surface area contributed by atoms with Crippen molar-refractivity contribution in [3.63, 3.8) is 0 Å². The number of benzene rings is 2. The molecule has 1 N–H and O–H groups in total. The van der Waals surface area contributed by atoms with Gasteiger partial charge in [0.25, 0.3) is 0 Å². The molecule has 9 nitrogen and oxygen atoms in total. The van der Waals surface area contributed by atoms with Gasteiger partial charge in [-0.1, -0.05) is 13.2 Å². The van der Waals surface area contributed by atoms with Crippen molar-refractivity contribution in [2.75, 3.05) is 33.0 Å². The number of hydrogen-bond acceptors (Lipinski definition) is 9. The molecule has 2 aromatic carbocycles. The number of ether oxygens (including phenoxy) is 5. The van der Waals surface area contributed by atoms with Crippen molar-refractivity contribution >= 4 is 17.9 Å². The summed E-state index contributed by atoms with van der Waals surface area (Å²) in [5, 5.41) is 8.79. The van der Waals surface area contributed by atoms with E-state index in [0.717, 1.165) is 0 Å². The zero-order chi connectivity index (χ0) is 24.9. The van der Waals surface area contributed by atoms with Crippen LogP contribution in [0.3, 0.4) is 0 Å². The van der Waals surface area contributed by atoms with Crippen LogP contribution in [0.15, 0.2) is 72.8 Å². The van der Waals surface area contributed by atoms with Crippen LogP contribution in [-0.2, 0) is 19.1 Å². The molecular formula is C25H26O9. The molecule has 0 heterocycles. The molecule has 0 radical (unpaired) electrons. The lowest BCUT2D eigenvalue weighted by atomic mass is 10.2. The lowest BCUT2D eigenvalue weighted by molar-refractivity contribution is -0.140. The monoisotopic (exact) mass is 470 g/mol. The Morgan fingerprint density at radius 2 is 1.21 bits per heavy atom. The SMILES string of the molecule is C=C(C)C(=O)OCCOc1ccc(C(=O)Oc2ccc(OCCOC(=O)C(=C)CO)cc2)cc1. The highest BCUT2D eigenvalue weighted by atomic mass is 16.6. The van der Waals surface area contributed by atoms with Gasteiger partial charge in [-0.25, -0.2) is 14.4 Å². The molecular weight excluding hydrogens is 444 g/mol. The quantitative estimate of drug-likeness (QED) is 0.204. The number of carbonyl (C=O) groups is 3. The van der Waals surface area contributed by atoms with Crippen molar-refractivity contribution in [1.29, 1.82) is 0 Å². The van der Waals surface area contributed by atoms with E-state index in [9.17, 15) is 14.4 Å². The van der Waals surface area contributed by atoms with Crippen LogP contribution < -0.4 is 14.2 Å². The van der Waals surface area contributed by atoms with Crippen molar-refractivity contribution < 1.29 is 43.2 Å². The molecule has 0 atom stereocenters. The maximum Gasteiger partial charge on any atom is 0.343 e. The second kappa shape index (κ2) is 13.4. The zero-order valence-electron chi connectivity index (χ0n) is 18.8. The third-order valence-corrected chi connectivity index (χ3v) is 4.12. The molecule has 0 aliphatic heterocycles. The average molecular weight is 470 g/mol. The first-order valence-corrected chi connectivity index (χ1v) is 10.3. The minimum atomic E-state index is -0.683. The van der Waals surface area contributed by atoms with Gasteiger partial charge in [0.2, 0.25) is 0 Å². The summed E-state index contributed by atoms with van der Waals surface area (Å²) >= 11 is 0. The summed E-state index contributed by atoms with van der Waals surface area (Å²) in [6.45, 7) is 8.30. The molecule has 180 valence electrons. The molecule has 2 aromatic rings. The number of aliphatic hydroxyl groups excluding tert-OH is 1. The predicted octanol–water partition coefficient (Wildman–Crippen LogP) is 2.87. The van der Waals surface area contributed by atoms with Crippen LogP contribution >= 0.6 is 0 Å². The lowest BCUT2D eigenvalue weighted by Crippen LogP contribution is -2.15. The van der Waals surface area contributed by atoms with Crippen molar-refractivity contribution in [2.24, 2.45) is 0 Å². The third kappa shape index (κ3) is 8.79. The van der Waals surface area contributed by atoms with Gasteiger partial charge in [-0.15, -0.1) is 0 Å². The molecule has 0 aliphatic rings. The Bertz CT molecular complexity index is 1010. The maximum atomic E-state index is 12.3. The Morgan fingerprint density at radius 1 is 0.735 bits per heavy atom. The summed E-state index contributed by atoms with van der Waals surface area (Å²) in [5.74, 6) is -0.387. The van der Waals surface area contributed by atoms with Gasteiger partial charge in [0.05, 0.1) is 17.7 Å². The molecule has 9 heteroatoms. The molecule has 34 heavy (non-hydrogen) atoms. The van der Waals surface area contributed by atoms with Crippen LogP contribution in [0.4, 0.5) is 0 Å². The van der Waals surface area contributed by atoms with Crippen LogP contribution in [0.2, 0.25) is 0 Å². The van der Waals surface area contributed by atoms with E-state index in [1.807, 2.05) is 0 Å². The second-order valence-corrected chi connectivity index (χ2v) is 6.90. The molecule has 0 saturated heterocycles. The van der Waals surface area contributed by atoms with E-state index < -0.39 is 24.5 Å². The molecule has 0 amide bonds. The maximum absolute atomic E-state index is 12.3. The molecule has 0 fully saturated rings. The second-order valence-electron chi connectivity index (χ2n) is 6.90. The van der Waals surface area contributed by atoms with E-state index in [1.165, 1.54) is 0 Å². The van der Waals surface area contributed by atoms with Crippen LogP contribution in [0.5, 0.6) is 17.2 Å².